The first-order valence-electron chi connectivity index (χ1n) is 6.95. The lowest BCUT2D eigenvalue weighted by atomic mass is 10.1. The van der Waals surface area contributed by atoms with Gasteiger partial charge in [0, 0.05) is 23.7 Å². The minimum absolute atomic E-state index is 0.160. The van der Waals surface area contributed by atoms with Gasteiger partial charge in [-0.25, -0.2) is 4.98 Å². The van der Waals surface area contributed by atoms with Gasteiger partial charge < -0.3 is 20.1 Å². The van der Waals surface area contributed by atoms with Crippen molar-refractivity contribution in [3.8, 4) is 17.0 Å². The Morgan fingerprint density at radius 3 is 2.52 bits per heavy atom. The molecule has 1 aliphatic rings. The molecule has 0 unspecified atom stereocenters. The van der Waals surface area contributed by atoms with E-state index in [0.29, 0.717) is 11.4 Å². The van der Waals surface area contributed by atoms with Crippen molar-refractivity contribution in [2.24, 2.45) is 0 Å². The van der Waals surface area contributed by atoms with Gasteiger partial charge in [-0.3, -0.25) is 4.98 Å². The molecule has 0 bridgehead atoms. The Balaban J connectivity index is 1.77. The van der Waals surface area contributed by atoms with Crippen LogP contribution in [0, 0.1) is 0 Å². The predicted octanol–water partition coefficient (Wildman–Crippen LogP) is 1.33. The molecular weight excluding hydrogens is 340 g/mol. The average Bonchev–Trinajstić information content (AvgIpc) is 2.57. The summed E-state index contributed by atoms with van der Waals surface area (Å²) in [5, 5.41) is 29.4. The highest BCUT2D eigenvalue weighted by Gasteiger charge is 2.38. The summed E-state index contributed by atoms with van der Waals surface area (Å²) in [6.07, 6.45) is -0.102. The highest BCUT2D eigenvalue weighted by Crippen LogP contribution is 2.33. The Bertz CT molecular complexity index is 676. The zero-order chi connectivity index (χ0) is 16.4. The summed E-state index contributed by atoms with van der Waals surface area (Å²) in [5.74, 6) is 0.577. The smallest absolute Gasteiger partial charge is 0.173 e. The molecule has 6 nitrogen and oxygen atoms in total. The fourth-order valence-electron chi connectivity index (χ4n) is 2.20. The van der Waals surface area contributed by atoms with E-state index in [1.54, 1.807) is 24.5 Å². The normalized spacial score (nSPS) is 27.7. The number of ether oxygens (including phenoxy) is 1. The zero-order valence-electron chi connectivity index (χ0n) is 11.9. The molecule has 2 aromatic rings. The highest BCUT2D eigenvalue weighted by molar-refractivity contribution is 7.99. The number of hydrogen-bond donors (Lipinski definition) is 3. The Morgan fingerprint density at radius 1 is 1.09 bits per heavy atom. The largest absolute Gasteiger partial charge is 0.474 e. The average molecular weight is 355 g/mol. The maximum Gasteiger partial charge on any atom is 0.173 e. The minimum Gasteiger partial charge on any atom is -0.474 e. The second-order valence-electron chi connectivity index (χ2n) is 5.09. The van der Waals surface area contributed by atoms with Gasteiger partial charge in [-0.1, -0.05) is 11.6 Å². The minimum atomic E-state index is -1.25. The van der Waals surface area contributed by atoms with Crippen molar-refractivity contribution in [2.75, 3.05) is 5.75 Å². The summed E-state index contributed by atoms with van der Waals surface area (Å²) in [4.78, 5) is 8.23. The van der Waals surface area contributed by atoms with Crippen LogP contribution in [0.25, 0.3) is 11.3 Å². The third kappa shape index (κ3) is 3.59. The third-order valence-corrected chi connectivity index (χ3v) is 5.00. The van der Waals surface area contributed by atoms with Crippen LogP contribution in [-0.4, -0.2) is 54.8 Å². The maximum absolute atomic E-state index is 9.97. The second-order valence-corrected chi connectivity index (χ2v) is 6.58. The van der Waals surface area contributed by atoms with Crippen molar-refractivity contribution in [2.45, 2.75) is 23.7 Å². The first-order chi connectivity index (χ1) is 11.1. The van der Waals surface area contributed by atoms with Crippen LogP contribution >= 0.6 is 23.4 Å². The van der Waals surface area contributed by atoms with E-state index in [-0.39, 0.29) is 10.9 Å². The number of nitrogens with zero attached hydrogens (tertiary/aromatic N) is 2. The SMILES string of the molecule is O[C@@H]1[C@@H](O)[C@@H](Oc2ccc(-c3ccncc3)nc2Cl)SC[C@H]1O. The standard InChI is InChI=1S/C15H15ClN2O4S/c16-14-11(22-15-13(21)12(20)10(19)7-23-15)2-1-9(18-14)8-3-5-17-6-4-8/h1-6,10,12-13,15,19-21H,7H2/t10-,12+,13-,15+/m1/s1. The lowest BCUT2D eigenvalue weighted by Crippen LogP contribution is -2.50. The van der Waals surface area contributed by atoms with Crippen LogP contribution < -0.4 is 4.74 Å². The molecule has 1 fully saturated rings. The summed E-state index contributed by atoms with van der Waals surface area (Å²) in [7, 11) is 0. The summed E-state index contributed by atoms with van der Waals surface area (Å²) >= 11 is 7.37. The topological polar surface area (TPSA) is 95.7 Å². The molecular formula is C15H15ClN2O4S. The van der Waals surface area contributed by atoms with E-state index in [1.165, 1.54) is 11.8 Å². The molecule has 0 aliphatic carbocycles. The van der Waals surface area contributed by atoms with Crippen molar-refractivity contribution in [1.82, 2.24) is 9.97 Å². The number of rotatable bonds is 3. The molecule has 1 saturated heterocycles. The molecule has 2 aromatic heterocycles. The van der Waals surface area contributed by atoms with Crippen molar-refractivity contribution in [3.63, 3.8) is 0 Å². The molecule has 4 atom stereocenters. The molecule has 0 saturated carbocycles. The number of halogens is 1. The number of thioether (sulfide) groups is 1. The molecule has 3 N–H and O–H groups in total. The van der Waals surface area contributed by atoms with Crippen molar-refractivity contribution in [3.05, 3.63) is 41.8 Å². The van der Waals surface area contributed by atoms with Crippen LogP contribution in [0.3, 0.4) is 0 Å². The monoisotopic (exact) mass is 354 g/mol. The molecule has 122 valence electrons. The number of hydrogen-bond acceptors (Lipinski definition) is 7. The Hall–Kier alpha value is -1.38. The van der Waals surface area contributed by atoms with Crippen molar-refractivity contribution >= 4 is 23.4 Å². The van der Waals surface area contributed by atoms with Crippen molar-refractivity contribution < 1.29 is 20.1 Å². The number of pyridine rings is 2. The van der Waals surface area contributed by atoms with Gasteiger partial charge in [-0.2, -0.15) is 0 Å². The molecule has 8 heteroatoms. The van der Waals surface area contributed by atoms with E-state index in [1.807, 2.05) is 12.1 Å². The Labute approximate surface area is 142 Å². The molecule has 3 rings (SSSR count). The van der Waals surface area contributed by atoms with Crippen LogP contribution in [0.2, 0.25) is 5.15 Å². The second kappa shape index (κ2) is 7.02. The molecule has 0 amide bonds. The van der Waals surface area contributed by atoms with Crippen molar-refractivity contribution in [1.29, 1.82) is 0 Å². The van der Waals surface area contributed by atoms with Gasteiger partial charge in [-0.05, 0) is 24.3 Å². The Kier molecular flexibility index (Phi) is 5.03. The number of aromatic nitrogens is 2. The van der Waals surface area contributed by atoms with Crippen LogP contribution in [0.5, 0.6) is 5.75 Å². The van der Waals surface area contributed by atoms with Crippen LogP contribution in [0.4, 0.5) is 0 Å². The van der Waals surface area contributed by atoms with E-state index < -0.39 is 23.7 Å². The summed E-state index contributed by atoms with van der Waals surface area (Å²) in [6, 6.07) is 7.05. The molecule has 0 radical (unpaired) electrons. The fourth-order valence-corrected chi connectivity index (χ4v) is 3.51. The molecule has 0 aromatic carbocycles. The Morgan fingerprint density at radius 2 is 1.83 bits per heavy atom. The first kappa shape index (κ1) is 16.5. The van der Waals surface area contributed by atoms with E-state index in [2.05, 4.69) is 9.97 Å². The van der Waals surface area contributed by atoms with Gasteiger partial charge in [0.15, 0.2) is 16.3 Å². The van der Waals surface area contributed by atoms with E-state index in [0.717, 1.165) is 5.56 Å². The summed E-state index contributed by atoms with van der Waals surface area (Å²) in [6.45, 7) is 0. The molecule has 23 heavy (non-hydrogen) atoms. The lowest BCUT2D eigenvalue weighted by molar-refractivity contribution is -0.0786. The van der Waals surface area contributed by atoms with E-state index in [4.69, 9.17) is 16.3 Å². The van der Waals surface area contributed by atoms with E-state index in [9.17, 15) is 15.3 Å². The number of aliphatic hydroxyl groups excluding tert-OH is 3. The van der Waals surface area contributed by atoms with Gasteiger partial charge in [0.25, 0.3) is 0 Å². The zero-order valence-corrected chi connectivity index (χ0v) is 13.5. The van der Waals surface area contributed by atoms with Crippen LogP contribution in [0.1, 0.15) is 0 Å². The molecule has 1 aliphatic heterocycles. The third-order valence-electron chi connectivity index (χ3n) is 3.49. The summed E-state index contributed by atoms with van der Waals surface area (Å²) in [5.41, 5.74) is 0.829. The summed E-state index contributed by atoms with van der Waals surface area (Å²) < 4.78 is 5.64. The highest BCUT2D eigenvalue weighted by atomic mass is 35.5. The van der Waals surface area contributed by atoms with Crippen LogP contribution in [-0.2, 0) is 0 Å². The lowest BCUT2D eigenvalue weighted by Gasteiger charge is -2.34. The van der Waals surface area contributed by atoms with Gasteiger partial charge in [-0.15, -0.1) is 11.8 Å². The quantitative estimate of drug-likeness (QED) is 0.715. The molecule has 3 heterocycles. The maximum atomic E-state index is 9.97. The van der Waals surface area contributed by atoms with Gasteiger partial charge in [0.1, 0.15) is 12.2 Å². The predicted molar refractivity (Wildman–Crippen MR) is 87.4 cm³/mol. The van der Waals surface area contributed by atoms with E-state index >= 15 is 0 Å². The van der Waals surface area contributed by atoms with Gasteiger partial charge >= 0.3 is 0 Å². The van der Waals surface area contributed by atoms with Gasteiger partial charge in [0.2, 0.25) is 0 Å². The molecule has 0 spiro atoms. The van der Waals surface area contributed by atoms with Gasteiger partial charge in [0.05, 0.1) is 11.8 Å². The fraction of sp³-hybridized carbons (Fsp3) is 0.333. The van der Waals surface area contributed by atoms with Crippen LogP contribution in [0.15, 0.2) is 36.7 Å². The first-order valence-corrected chi connectivity index (χ1v) is 8.38. The number of aliphatic hydroxyl groups is 3.